The van der Waals surface area contributed by atoms with E-state index < -0.39 is 0 Å². The number of rotatable bonds is 5. The molecule has 0 unspecified atom stereocenters. The van der Waals surface area contributed by atoms with Gasteiger partial charge in [0.25, 0.3) is 0 Å². The first-order chi connectivity index (χ1) is 9.63. The van der Waals surface area contributed by atoms with Crippen molar-refractivity contribution < 1.29 is 9.18 Å². The van der Waals surface area contributed by atoms with Gasteiger partial charge in [0.15, 0.2) is 0 Å². The Morgan fingerprint density at radius 1 is 1.20 bits per heavy atom. The Bertz CT molecular complexity index is 583. The van der Waals surface area contributed by atoms with Crippen molar-refractivity contribution in [1.29, 1.82) is 0 Å². The normalized spacial score (nSPS) is 10.3. The molecule has 2 aromatic rings. The van der Waals surface area contributed by atoms with E-state index in [0.29, 0.717) is 11.4 Å². The van der Waals surface area contributed by atoms with Gasteiger partial charge in [-0.15, -0.1) is 11.8 Å². The van der Waals surface area contributed by atoms with Crippen molar-refractivity contribution in [3.05, 3.63) is 65.5 Å². The van der Waals surface area contributed by atoms with Crippen LogP contribution in [0.5, 0.6) is 0 Å². The van der Waals surface area contributed by atoms with E-state index in [2.05, 4.69) is 29.6 Å². The number of hydrogen-bond donors (Lipinski definition) is 1. The van der Waals surface area contributed by atoms with E-state index in [1.54, 1.807) is 12.1 Å². The summed E-state index contributed by atoms with van der Waals surface area (Å²) in [6.07, 6.45) is 0. The van der Waals surface area contributed by atoms with Crippen LogP contribution in [0.2, 0.25) is 0 Å². The lowest BCUT2D eigenvalue weighted by molar-refractivity contribution is -0.113. The highest BCUT2D eigenvalue weighted by Gasteiger charge is 2.03. The number of amides is 1. The fourth-order valence-corrected chi connectivity index (χ4v) is 2.50. The van der Waals surface area contributed by atoms with Gasteiger partial charge in [0, 0.05) is 11.4 Å². The minimum absolute atomic E-state index is 0.118. The van der Waals surface area contributed by atoms with E-state index in [1.807, 2.05) is 6.92 Å². The van der Waals surface area contributed by atoms with Crippen LogP contribution in [0.1, 0.15) is 11.1 Å². The topological polar surface area (TPSA) is 29.1 Å². The van der Waals surface area contributed by atoms with E-state index in [9.17, 15) is 9.18 Å². The zero-order chi connectivity index (χ0) is 14.4. The van der Waals surface area contributed by atoms with Crippen LogP contribution in [-0.4, -0.2) is 11.7 Å². The SMILES string of the molecule is Cc1ccc(CSCC(=O)Nc2cccc(F)c2)cc1. The molecule has 0 aromatic heterocycles. The standard InChI is InChI=1S/C16H16FNOS/c1-12-5-7-13(8-6-12)10-20-11-16(19)18-15-4-2-3-14(17)9-15/h2-9H,10-11H2,1H3,(H,18,19). The molecular formula is C16H16FNOS. The van der Waals surface area contributed by atoms with Crippen LogP contribution in [0, 0.1) is 12.7 Å². The molecule has 0 aliphatic carbocycles. The molecule has 0 bridgehead atoms. The molecule has 1 amide bonds. The molecule has 0 aliphatic heterocycles. The van der Waals surface area contributed by atoms with Crippen LogP contribution in [0.3, 0.4) is 0 Å². The molecule has 0 radical (unpaired) electrons. The highest BCUT2D eigenvalue weighted by Crippen LogP contribution is 2.14. The quantitative estimate of drug-likeness (QED) is 0.901. The Labute approximate surface area is 122 Å². The molecule has 2 nitrogen and oxygen atoms in total. The predicted octanol–water partition coefficient (Wildman–Crippen LogP) is 4.01. The summed E-state index contributed by atoms with van der Waals surface area (Å²) in [5.41, 5.74) is 2.91. The maximum atomic E-state index is 13.0. The van der Waals surface area contributed by atoms with E-state index in [-0.39, 0.29) is 11.7 Å². The number of carbonyl (C=O) groups excluding carboxylic acids is 1. The van der Waals surface area contributed by atoms with Gasteiger partial charge in [-0.05, 0) is 30.7 Å². The minimum Gasteiger partial charge on any atom is -0.325 e. The van der Waals surface area contributed by atoms with E-state index in [1.165, 1.54) is 35.0 Å². The molecule has 104 valence electrons. The highest BCUT2D eigenvalue weighted by atomic mass is 32.2. The van der Waals surface area contributed by atoms with Crippen LogP contribution in [0.15, 0.2) is 48.5 Å². The summed E-state index contributed by atoms with van der Waals surface area (Å²) in [4.78, 5) is 11.7. The lowest BCUT2D eigenvalue weighted by atomic mass is 10.2. The lowest BCUT2D eigenvalue weighted by Crippen LogP contribution is -2.14. The van der Waals surface area contributed by atoms with Gasteiger partial charge in [-0.25, -0.2) is 4.39 Å². The summed E-state index contributed by atoms with van der Waals surface area (Å²) in [5.74, 6) is 0.671. The molecule has 2 aromatic carbocycles. The number of benzene rings is 2. The van der Waals surface area contributed by atoms with Gasteiger partial charge in [-0.2, -0.15) is 0 Å². The number of aryl methyl sites for hydroxylation is 1. The Morgan fingerprint density at radius 3 is 2.65 bits per heavy atom. The van der Waals surface area contributed by atoms with Gasteiger partial charge in [0.2, 0.25) is 5.91 Å². The fourth-order valence-electron chi connectivity index (χ4n) is 1.71. The van der Waals surface area contributed by atoms with E-state index in [0.717, 1.165) is 5.75 Å². The molecule has 4 heteroatoms. The van der Waals surface area contributed by atoms with Crippen molar-refractivity contribution in [2.24, 2.45) is 0 Å². The average molecular weight is 289 g/mol. The summed E-state index contributed by atoms with van der Waals surface area (Å²) in [5, 5.41) is 2.68. The monoisotopic (exact) mass is 289 g/mol. The van der Waals surface area contributed by atoms with Crippen LogP contribution < -0.4 is 5.32 Å². The molecular weight excluding hydrogens is 273 g/mol. The minimum atomic E-state index is -0.352. The number of thioether (sulfide) groups is 1. The van der Waals surface area contributed by atoms with Crippen LogP contribution in [0.25, 0.3) is 0 Å². The molecule has 0 saturated heterocycles. The van der Waals surface area contributed by atoms with Crippen LogP contribution >= 0.6 is 11.8 Å². The maximum Gasteiger partial charge on any atom is 0.234 e. The number of carbonyl (C=O) groups is 1. The molecule has 1 N–H and O–H groups in total. The Hall–Kier alpha value is -1.81. The molecule has 0 saturated carbocycles. The molecule has 0 aliphatic rings. The first-order valence-electron chi connectivity index (χ1n) is 6.32. The second kappa shape index (κ2) is 7.10. The van der Waals surface area contributed by atoms with Gasteiger partial charge in [0.1, 0.15) is 5.82 Å². The third-order valence-corrected chi connectivity index (χ3v) is 3.73. The van der Waals surface area contributed by atoms with Gasteiger partial charge < -0.3 is 5.32 Å². The predicted molar refractivity (Wildman–Crippen MR) is 82.4 cm³/mol. The lowest BCUT2D eigenvalue weighted by Gasteiger charge is -2.05. The van der Waals surface area contributed by atoms with Crippen molar-refractivity contribution >= 4 is 23.4 Å². The first-order valence-corrected chi connectivity index (χ1v) is 7.47. The number of halogens is 1. The van der Waals surface area contributed by atoms with Crippen molar-refractivity contribution in [2.45, 2.75) is 12.7 Å². The molecule has 2 rings (SSSR count). The molecule has 0 fully saturated rings. The van der Waals surface area contributed by atoms with E-state index >= 15 is 0 Å². The van der Waals surface area contributed by atoms with Crippen molar-refractivity contribution in [3.63, 3.8) is 0 Å². The van der Waals surface area contributed by atoms with Gasteiger partial charge >= 0.3 is 0 Å². The van der Waals surface area contributed by atoms with E-state index in [4.69, 9.17) is 0 Å². The van der Waals surface area contributed by atoms with Crippen molar-refractivity contribution in [3.8, 4) is 0 Å². The summed E-state index contributed by atoms with van der Waals surface area (Å²) in [6, 6.07) is 14.1. The van der Waals surface area contributed by atoms with Gasteiger partial charge in [0.05, 0.1) is 5.75 Å². The smallest absolute Gasteiger partial charge is 0.234 e. The summed E-state index contributed by atoms with van der Waals surface area (Å²) in [6.45, 7) is 2.04. The Balaban J connectivity index is 1.76. The maximum absolute atomic E-state index is 13.0. The van der Waals surface area contributed by atoms with Crippen LogP contribution in [-0.2, 0) is 10.5 Å². The van der Waals surface area contributed by atoms with Crippen LogP contribution in [0.4, 0.5) is 10.1 Å². The second-order valence-electron chi connectivity index (χ2n) is 4.54. The highest BCUT2D eigenvalue weighted by molar-refractivity contribution is 7.99. The third kappa shape index (κ3) is 4.70. The molecule has 0 spiro atoms. The summed E-state index contributed by atoms with van der Waals surface area (Å²) in [7, 11) is 0. The molecule has 0 heterocycles. The zero-order valence-electron chi connectivity index (χ0n) is 11.2. The number of nitrogens with one attached hydrogen (secondary N) is 1. The van der Waals surface area contributed by atoms with Crippen molar-refractivity contribution in [1.82, 2.24) is 0 Å². The average Bonchev–Trinajstić information content (AvgIpc) is 2.41. The number of hydrogen-bond acceptors (Lipinski definition) is 2. The number of anilines is 1. The van der Waals surface area contributed by atoms with Crippen molar-refractivity contribution in [2.75, 3.05) is 11.1 Å². The largest absolute Gasteiger partial charge is 0.325 e. The molecule has 20 heavy (non-hydrogen) atoms. The summed E-state index contributed by atoms with van der Waals surface area (Å²) < 4.78 is 13.0. The van der Waals surface area contributed by atoms with Gasteiger partial charge in [-0.3, -0.25) is 4.79 Å². The third-order valence-electron chi connectivity index (χ3n) is 2.73. The van der Waals surface area contributed by atoms with Gasteiger partial charge in [-0.1, -0.05) is 35.9 Å². The Morgan fingerprint density at radius 2 is 1.95 bits per heavy atom. The second-order valence-corrected chi connectivity index (χ2v) is 5.52. The zero-order valence-corrected chi connectivity index (χ0v) is 12.0. The summed E-state index contributed by atoms with van der Waals surface area (Å²) >= 11 is 1.54. The first kappa shape index (κ1) is 14.6. The molecule has 0 atom stereocenters. The Kier molecular flexibility index (Phi) is 5.18. The fraction of sp³-hybridized carbons (Fsp3) is 0.188.